The van der Waals surface area contributed by atoms with Gasteiger partial charge in [-0.1, -0.05) is 13.3 Å². The fourth-order valence-electron chi connectivity index (χ4n) is 1.87. The van der Waals surface area contributed by atoms with Gasteiger partial charge in [-0.25, -0.2) is 4.79 Å². The van der Waals surface area contributed by atoms with Crippen molar-refractivity contribution in [1.82, 2.24) is 0 Å². The minimum absolute atomic E-state index is 0.0745. The lowest BCUT2D eigenvalue weighted by atomic mass is 9.95. The molecule has 128 valence electrons. The van der Waals surface area contributed by atoms with Crippen molar-refractivity contribution in [3.05, 3.63) is 0 Å². The molecule has 7 heteroatoms. The Balaban J connectivity index is 5.17. The van der Waals surface area contributed by atoms with Crippen LogP contribution in [0.2, 0.25) is 0 Å². The highest BCUT2D eigenvalue weighted by Crippen LogP contribution is 2.25. The van der Waals surface area contributed by atoms with E-state index in [2.05, 4.69) is 0 Å². The van der Waals surface area contributed by atoms with Crippen LogP contribution in [-0.2, 0) is 28.6 Å². The van der Waals surface area contributed by atoms with E-state index in [1.54, 1.807) is 20.8 Å². The summed E-state index contributed by atoms with van der Waals surface area (Å²) < 4.78 is 15.4. The monoisotopic (exact) mass is 318 g/mol. The van der Waals surface area contributed by atoms with E-state index < -0.39 is 36.4 Å². The lowest BCUT2D eigenvalue weighted by molar-refractivity contribution is -0.184. The smallest absolute Gasteiger partial charge is 0.339 e. The molecule has 0 rings (SSSR count). The summed E-state index contributed by atoms with van der Waals surface area (Å²) >= 11 is 0. The van der Waals surface area contributed by atoms with Gasteiger partial charge in [-0.05, 0) is 27.2 Å². The normalized spacial score (nSPS) is 13.5. The zero-order chi connectivity index (χ0) is 17.2. The summed E-state index contributed by atoms with van der Waals surface area (Å²) in [5, 5.41) is 9.05. The molecule has 0 fully saturated rings. The lowest BCUT2D eigenvalue weighted by Gasteiger charge is -2.29. The van der Waals surface area contributed by atoms with Gasteiger partial charge in [0, 0.05) is 6.61 Å². The third-order valence-corrected chi connectivity index (χ3v) is 2.76. The van der Waals surface area contributed by atoms with Crippen LogP contribution in [0.1, 0.15) is 53.4 Å². The first-order chi connectivity index (χ1) is 10.3. The van der Waals surface area contributed by atoms with E-state index in [1.165, 1.54) is 0 Å². The SMILES string of the molecule is CCCCOC(=O)C(CC(=O)O)(CC(=O)OC(C)C)OCC. The van der Waals surface area contributed by atoms with Crippen LogP contribution in [-0.4, -0.2) is 47.9 Å². The first-order valence-corrected chi connectivity index (χ1v) is 7.49. The van der Waals surface area contributed by atoms with E-state index in [0.29, 0.717) is 6.42 Å². The molecule has 7 nitrogen and oxygen atoms in total. The second kappa shape index (κ2) is 10.2. The van der Waals surface area contributed by atoms with Crippen LogP contribution in [0.4, 0.5) is 0 Å². The molecule has 0 bridgehead atoms. The van der Waals surface area contributed by atoms with Crippen molar-refractivity contribution in [3.63, 3.8) is 0 Å². The molecule has 0 aliphatic carbocycles. The van der Waals surface area contributed by atoms with E-state index in [1.807, 2.05) is 6.92 Å². The number of carbonyl (C=O) groups excluding carboxylic acids is 2. The van der Waals surface area contributed by atoms with Crippen LogP contribution in [0, 0.1) is 0 Å². The minimum Gasteiger partial charge on any atom is -0.481 e. The Morgan fingerprint density at radius 2 is 1.77 bits per heavy atom. The third kappa shape index (κ3) is 7.40. The Morgan fingerprint density at radius 3 is 2.23 bits per heavy atom. The summed E-state index contributed by atoms with van der Waals surface area (Å²) in [6, 6.07) is 0. The molecule has 0 amide bonds. The Labute approximate surface area is 130 Å². The lowest BCUT2D eigenvalue weighted by Crippen LogP contribution is -2.47. The molecule has 0 saturated carbocycles. The van der Waals surface area contributed by atoms with E-state index >= 15 is 0 Å². The molecule has 1 N–H and O–H groups in total. The van der Waals surface area contributed by atoms with Gasteiger partial charge in [0.1, 0.15) is 0 Å². The van der Waals surface area contributed by atoms with Crippen LogP contribution in [0.15, 0.2) is 0 Å². The number of hydrogen-bond acceptors (Lipinski definition) is 6. The van der Waals surface area contributed by atoms with Crippen LogP contribution in [0.5, 0.6) is 0 Å². The fraction of sp³-hybridized carbons (Fsp3) is 0.800. The molecule has 0 aromatic carbocycles. The molecule has 0 heterocycles. The Kier molecular flexibility index (Phi) is 9.40. The average molecular weight is 318 g/mol. The average Bonchev–Trinajstić information content (AvgIpc) is 2.36. The van der Waals surface area contributed by atoms with E-state index in [9.17, 15) is 14.4 Å². The molecule has 0 aromatic heterocycles. The predicted molar refractivity (Wildman–Crippen MR) is 78.3 cm³/mol. The summed E-state index contributed by atoms with van der Waals surface area (Å²) in [4.78, 5) is 35.2. The van der Waals surface area contributed by atoms with Gasteiger partial charge in [0.25, 0.3) is 0 Å². The number of aliphatic carboxylic acids is 1. The molecule has 1 unspecified atom stereocenters. The minimum atomic E-state index is -1.85. The number of carbonyl (C=O) groups is 3. The molecule has 0 aliphatic rings. The first-order valence-electron chi connectivity index (χ1n) is 7.49. The van der Waals surface area contributed by atoms with Gasteiger partial charge in [-0.3, -0.25) is 9.59 Å². The van der Waals surface area contributed by atoms with Crippen molar-refractivity contribution in [2.75, 3.05) is 13.2 Å². The molecule has 0 spiro atoms. The highest BCUT2D eigenvalue weighted by atomic mass is 16.6. The van der Waals surface area contributed by atoms with E-state index in [-0.39, 0.29) is 19.3 Å². The van der Waals surface area contributed by atoms with Gasteiger partial charge < -0.3 is 19.3 Å². The number of rotatable bonds is 11. The molecule has 0 saturated heterocycles. The molecule has 0 aromatic rings. The van der Waals surface area contributed by atoms with Crippen LogP contribution < -0.4 is 0 Å². The highest BCUT2D eigenvalue weighted by Gasteiger charge is 2.46. The number of ether oxygens (including phenoxy) is 3. The van der Waals surface area contributed by atoms with Gasteiger partial charge in [-0.15, -0.1) is 0 Å². The summed E-state index contributed by atoms with van der Waals surface area (Å²) in [6.07, 6.45) is -0.0385. The fourth-order valence-corrected chi connectivity index (χ4v) is 1.87. The van der Waals surface area contributed by atoms with Gasteiger partial charge in [0.2, 0.25) is 0 Å². The molecule has 22 heavy (non-hydrogen) atoms. The van der Waals surface area contributed by atoms with Crippen LogP contribution in [0.3, 0.4) is 0 Å². The van der Waals surface area contributed by atoms with Gasteiger partial charge in [0.15, 0.2) is 5.60 Å². The van der Waals surface area contributed by atoms with Crippen molar-refractivity contribution in [2.24, 2.45) is 0 Å². The van der Waals surface area contributed by atoms with Crippen molar-refractivity contribution in [1.29, 1.82) is 0 Å². The van der Waals surface area contributed by atoms with E-state index in [0.717, 1.165) is 6.42 Å². The quantitative estimate of drug-likeness (QED) is 0.459. The summed E-state index contributed by atoms with van der Waals surface area (Å²) in [5.74, 6) is -2.79. The van der Waals surface area contributed by atoms with Crippen LogP contribution >= 0.6 is 0 Å². The molecular formula is C15H26O7. The second-order valence-corrected chi connectivity index (χ2v) is 5.20. The Hall–Kier alpha value is -1.63. The summed E-state index contributed by atoms with van der Waals surface area (Å²) in [6.45, 7) is 7.10. The van der Waals surface area contributed by atoms with Crippen molar-refractivity contribution in [2.45, 2.75) is 65.1 Å². The second-order valence-electron chi connectivity index (χ2n) is 5.20. The van der Waals surface area contributed by atoms with Crippen molar-refractivity contribution in [3.8, 4) is 0 Å². The maximum atomic E-state index is 12.3. The molecule has 1 atom stereocenters. The van der Waals surface area contributed by atoms with Crippen molar-refractivity contribution < 1.29 is 33.7 Å². The zero-order valence-corrected chi connectivity index (χ0v) is 13.7. The topological polar surface area (TPSA) is 99.1 Å². The number of carboxylic acid groups (broad SMARTS) is 1. The molecule has 0 aliphatic heterocycles. The maximum absolute atomic E-state index is 12.3. The largest absolute Gasteiger partial charge is 0.481 e. The van der Waals surface area contributed by atoms with Gasteiger partial charge >= 0.3 is 17.9 Å². The summed E-state index contributed by atoms with van der Waals surface area (Å²) in [7, 11) is 0. The Morgan fingerprint density at radius 1 is 1.14 bits per heavy atom. The summed E-state index contributed by atoms with van der Waals surface area (Å²) in [5.41, 5.74) is -1.85. The van der Waals surface area contributed by atoms with Gasteiger partial charge in [0.05, 0.1) is 25.6 Å². The molecule has 0 radical (unpaired) electrons. The predicted octanol–water partition coefficient (Wildman–Crippen LogP) is 1.92. The van der Waals surface area contributed by atoms with E-state index in [4.69, 9.17) is 19.3 Å². The maximum Gasteiger partial charge on any atom is 0.339 e. The zero-order valence-electron chi connectivity index (χ0n) is 13.7. The standard InChI is InChI=1S/C15H26O7/c1-5-7-8-20-14(19)15(21-6-2,9-12(16)17)10-13(18)22-11(3)4/h11H,5-10H2,1-4H3,(H,16,17). The molecular weight excluding hydrogens is 292 g/mol. The highest BCUT2D eigenvalue weighted by molar-refractivity contribution is 5.90. The number of esters is 2. The number of unbranched alkanes of at least 4 members (excludes halogenated alkanes) is 1. The Bertz CT molecular complexity index is 378. The van der Waals surface area contributed by atoms with Crippen molar-refractivity contribution >= 4 is 17.9 Å². The number of carboxylic acids is 1. The third-order valence-electron chi connectivity index (χ3n) is 2.76. The number of hydrogen-bond donors (Lipinski definition) is 1. The first kappa shape index (κ1) is 20.4. The van der Waals surface area contributed by atoms with Gasteiger partial charge in [-0.2, -0.15) is 0 Å². The van der Waals surface area contributed by atoms with Crippen LogP contribution in [0.25, 0.3) is 0 Å².